The molecule has 1 N–H and O–H groups in total. The van der Waals surface area contributed by atoms with Crippen molar-refractivity contribution in [2.45, 2.75) is 29.1 Å². The molecule has 0 atom stereocenters. The van der Waals surface area contributed by atoms with Gasteiger partial charge in [-0.15, -0.1) is 0 Å². The third-order valence-electron chi connectivity index (χ3n) is 4.11. The third kappa shape index (κ3) is 5.89. The lowest BCUT2D eigenvalue weighted by Gasteiger charge is -2.19. The highest BCUT2D eigenvalue weighted by Gasteiger charge is 2.29. The first kappa shape index (κ1) is 24.0. The Bertz CT molecular complexity index is 990. The number of nitrogens with zero attached hydrogens (tertiary/aromatic N) is 1. The van der Waals surface area contributed by atoms with Crippen LogP contribution in [0.4, 0.5) is 18.9 Å². The van der Waals surface area contributed by atoms with E-state index in [-0.39, 0.29) is 51.6 Å². The van der Waals surface area contributed by atoms with E-state index in [4.69, 9.17) is 4.74 Å². The van der Waals surface area contributed by atoms with E-state index in [9.17, 15) is 26.4 Å². The molecule has 6 nitrogen and oxygen atoms in total. The molecule has 11 heteroatoms. The number of hydrogen-bond acceptors (Lipinski definition) is 5. The lowest BCUT2D eigenvalue weighted by atomic mass is 10.2. The van der Waals surface area contributed by atoms with Gasteiger partial charge in [-0.3, -0.25) is 4.79 Å². The zero-order chi connectivity index (χ0) is 22.5. The number of nitrogens with one attached hydrogen (secondary N) is 1. The van der Waals surface area contributed by atoms with Gasteiger partial charge < -0.3 is 10.1 Å². The first-order valence-electron chi connectivity index (χ1n) is 8.87. The molecule has 0 bridgehead atoms. The average molecular weight is 463 g/mol. The molecule has 0 aliphatic rings. The molecule has 30 heavy (non-hydrogen) atoms. The number of halogens is 3. The summed E-state index contributed by atoms with van der Waals surface area (Å²) in [6, 6.07) is 8.98. The minimum atomic E-state index is -4.42. The zero-order valence-electron chi connectivity index (χ0n) is 16.5. The van der Waals surface area contributed by atoms with E-state index in [1.807, 2.05) is 0 Å². The molecule has 0 spiro atoms. The Labute approximate surface area is 177 Å². The summed E-state index contributed by atoms with van der Waals surface area (Å²) >= 11 is -0.280. The summed E-state index contributed by atoms with van der Waals surface area (Å²) in [5.41, 5.74) is -4.18. The van der Waals surface area contributed by atoms with Gasteiger partial charge in [-0.05, 0) is 54.2 Å². The van der Waals surface area contributed by atoms with Crippen LogP contribution in [0.2, 0.25) is 0 Å². The van der Waals surface area contributed by atoms with E-state index in [0.717, 1.165) is 0 Å². The maximum Gasteiger partial charge on any atom is 0.446 e. The number of thioether (sulfide) groups is 1. The number of benzene rings is 2. The molecule has 0 unspecified atom stereocenters. The van der Waals surface area contributed by atoms with Gasteiger partial charge in [0.15, 0.2) is 0 Å². The highest BCUT2D eigenvalue weighted by molar-refractivity contribution is 8.00. The summed E-state index contributed by atoms with van der Waals surface area (Å²) in [7, 11) is -2.39. The maximum absolute atomic E-state index is 12.7. The molecular formula is C19H21F3N2O4S2. The number of ether oxygens (including phenoxy) is 1. The Morgan fingerprint density at radius 2 is 1.70 bits per heavy atom. The van der Waals surface area contributed by atoms with Gasteiger partial charge in [0, 0.05) is 23.5 Å². The number of carbonyl (C=O) groups excluding carboxylic acids is 1. The van der Waals surface area contributed by atoms with Crippen LogP contribution in [0.5, 0.6) is 5.75 Å². The Balaban J connectivity index is 2.30. The zero-order valence-corrected chi connectivity index (χ0v) is 18.1. The van der Waals surface area contributed by atoms with E-state index in [1.54, 1.807) is 13.8 Å². The molecule has 164 valence electrons. The van der Waals surface area contributed by atoms with E-state index in [2.05, 4.69) is 5.32 Å². The Hall–Kier alpha value is -2.24. The summed E-state index contributed by atoms with van der Waals surface area (Å²) in [6.07, 6.45) is 0. The number of alkyl halides is 3. The first-order chi connectivity index (χ1) is 14.0. The molecule has 0 aliphatic carbocycles. The number of amides is 1. The summed E-state index contributed by atoms with van der Waals surface area (Å²) in [5.74, 6) is -0.375. The number of anilines is 1. The predicted molar refractivity (Wildman–Crippen MR) is 109 cm³/mol. The van der Waals surface area contributed by atoms with Crippen molar-refractivity contribution in [1.29, 1.82) is 0 Å². The lowest BCUT2D eigenvalue weighted by Crippen LogP contribution is -2.30. The SMILES string of the molecule is CCN(CC)S(=O)(=O)c1ccc(OC)c(NC(=O)c2ccc(SC(F)(F)F)cc2)c1. The molecular weight excluding hydrogens is 441 g/mol. The number of hydrogen-bond donors (Lipinski definition) is 1. The van der Waals surface area contributed by atoms with Gasteiger partial charge in [-0.25, -0.2) is 8.42 Å². The van der Waals surface area contributed by atoms with Crippen molar-refractivity contribution in [3.8, 4) is 5.75 Å². The van der Waals surface area contributed by atoms with Gasteiger partial charge in [0.25, 0.3) is 5.91 Å². The number of sulfonamides is 1. The first-order valence-corrected chi connectivity index (χ1v) is 11.1. The van der Waals surface area contributed by atoms with Crippen molar-refractivity contribution >= 4 is 33.4 Å². The molecule has 0 aliphatic heterocycles. The van der Waals surface area contributed by atoms with Crippen molar-refractivity contribution in [1.82, 2.24) is 4.31 Å². The van der Waals surface area contributed by atoms with Gasteiger partial charge in [0.05, 0.1) is 17.7 Å². The second-order valence-electron chi connectivity index (χ2n) is 5.98. The summed E-state index contributed by atoms with van der Waals surface area (Å²) in [6.45, 7) is 4.01. The van der Waals surface area contributed by atoms with Crippen LogP contribution in [0.1, 0.15) is 24.2 Å². The molecule has 0 heterocycles. The number of rotatable bonds is 8. The average Bonchev–Trinajstić information content (AvgIpc) is 2.68. The third-order valence-corrected chi connectivity index (χ3v) is 6.90. The summed E-state index contributed by atoms with van der Waals surface area (Å²) < 4.78 is 69.2. The van der Waals surface area contributed by atoms with Gasteiger partial charge >= 0.3 is 5.51 Å². The second kappa shape index (κ2) is 9.71. The van der Waals surface area contributed by atoms with Crippen molar-refractivity contribution < 1.29 is 31.1 Å². The van der Waals surface area contributed by atoms with Crippen molar-refractivity contribution in [2.24, 2.45) is 0 Å². The summed E-state index contributed by atoms with van der Waals surface area (Å²) in [5, 5.41) is 2.56. The fraction of sp³-hybridized carbons (Fsp3) is 0.316. The number of methoxy groups -OCH3 is 1. The van der Waals surface area contributed by atoms with Crippen LogP contribution < -0.4 is 10.1 Å². The minimum Gasteiger partial charge on any atom is -0.495 e. The van der Waals surface area contributed by atoms with Crippen LogP contribution in [0.25, 0.3) is 0 Å². The Morgan fingerprint density at radius 3 is 2.20 bits per heavy atom. The monoisotopic (exact) mass is 462 g/mol. The molecule has 0 fully saturated rings. The fourth-order valence-electron chi connectivity index (χ4n) is 2.66. The van der Waals surface area contributed by atoms with Crippen molar-refractivity contribution in [2.75, 3.05) is 25.5 Å². The highest BCUT2D eigenvalue weighted by atomic mass is 32.2. The van der Waals surface area contributed by atoms with Crippen LogP contribution in [0.3, 0.4) is 0 Å². The standard InChI is InChI=1S/C19H21F3N2O4S2/c1-4-24(5-2)30(26,27)15-10-11-17(28-3)16(12-15)23-18(25)13-6-8-14(9-7-13)29-19(20,21)22/h6-12H,4-5H2,1-3H3,(H,23,25). The van der Waals surface area contributed by atoms with E-state index in [0.29, 0.717) is 0 Å². The molecule has 0 aromatic heterocycles. The van der Waals surface area contributed by atoms with Crippen LogP contribution >= 0.6 is 11.8 Å². The van der Waals surface area contributed by atoms with Gasteiger partial charge in [-0.2, -0.15) is 17.5 Å². The fourth-order valence-corrected chi connectivity index (χ4v) is 4.68. The van der Waals surface area contributed by atoms with Crippen molar-refractivity contribution in [3.63, 3.8) is 0 Å². The summed E-state index contributed by atoms with van der Waals surface area (Å²) in [4.78, 5) is 12.5. The lowest BCUT2D eigenvalue weighted by molar-refractivity contribution is -0.0328. The number of carbonyl (C=O) groups is 1. The van der Waals surface area contributed by atoms with E-state index < -0.39 is 21.4 Å². The molecule has 1 amide bonds. The topological polar surface area (TPSA) is 75.7 Å². The molecule has 2 rings (SSSR count). The van der Waals surface area contributed by atoms with E-state index in [1.165, 1.54) is 53.9 Å². The van der Waals surface area contributed by atoms with Crippen LogP contribution in [0, 0.1) is 0 Å². The molecule has 0 saturated carbocycles. The molecule has 2 aromatic rings. The highest BCUT2D eigenvalue weighted by Crippen LogP contribution is 2.37. The molecule has 2 aromatic carbocycles. The Morgan fingerprint density at radius 1 is 1.10 bits per heavy atom. The van der Waals surface area contributed by atoms with Crippen LogP contribution in [-0.4, -0.2) is 44.3 Å². The van der Waals surface area contributed by atoms with Gasteiger partial charge in [0.1, 0.15) is 5.75 Å². The van der Waals surface area contributed by atoms with Crippen LogP contribution in [0.15, 0.2) is 52.3 Å². The second-order valence-corrected chi connectivity index (χ2v) is 9.05. The predicted octanol–water partition coefficient (Wildman–Crippen LogP) is 4.59. The van der Waals surface area contributed by atoms with E-state index >= 15 is 0 Å². The Kier molecular flexibility index (Phi) is 7.78. The van der Waals surface area contributed by atoms with Crippen molar-refractivity contribution in [3.05, 3.63) is 48.0 Å². The smallest absolute Gasteiger partial charge is 0.446 e. The van der Waals surface area contributed by atoms with Crippen LogP contribution in [-0.2, 0) is 10.0 Å². The quantitative estimate of drug-likeness (QED) is 0.581. The molecule has 0 radical (unpaired) electrons. The van der Waals surface area contributed by atoms with Gasteiger partial charge in [0.2, 0.25) is 10.0 Å². The van der Waals surface area contributed by atoms with Gasteiger partial charge in [-0.1, -0.05) is 13.8 Å². The minimum absolute atomic E-state index is 0.0146. The maximum atomic E-state index is 12.7. The largest absolute Gasteiger partial charge is 0.495 e. The normalized spacial score (nSPS) is 12.1. The molecule has 0 saturated heterocycles.